The molecule has 1 nitrogen and oxygen atoms in total. The Kier molecular flexibility index (Phi) is 2.47. The van der Waals surface area contributed by atoms with Crippen LogP contribution in [0.15, 0.2) is 18.2 Å². The summed E-state index contributed by atoms with van der Waals surface area (Å²) in [6.07, 6.45) is 0. The molecule has 0 heterocycles. The van der Waals surface area contributed by atoms with E-state index in [-0.39, 0.29) is 0 Å². The second kappa shape index (κ2) is 3.20. The lowest BCUT2D eigenvalue weighted by Crippen LogP contribution is -2.09. The molecule has 1 rings (SSSR count). The number of rotatable bonds is 1. The van der Waals surface area contributed by atoms with Gasteiger partial charge in [0, 0.05) is 10.6 Å². The van der Waals surface area contributed by atoms with Crippen LogP contribution in [0.25, 0.3) is 0 Å². The molecule has 58 valence electrons. The Morgan fingerprint density at radius 2 is 2.09 bits per heavy atom. The van der Waals surface area contributed by atoms with Crippen molar-refractivity contribution in [2.45, 2.75) is 6.92 Å². The second-order valence-corrected chi connectivity index (χ2v) is 3.26. The molecule has 0 spiro atoms. The molecule has 0 saturated heterocycles. The summed E-state index contributed by atoms with van der Waals surface area (Å²) < 4.78 is 0. The summed E-state index contributed by atoms with van der Waals surface area (Å²) in [4.78, 5) is 0.385. The van der Waals surface area contributed by atoms with E-state index in [0.29, 0.717) is 10.0 Å². The molecule has 0 aliphatic heterocycles. The van der Waals surface area contributed by atoms with Gasteiger partial charge in [0.2, 0.25) is 0 Å². The van der Waals surface area contributed by atoms with Crippen molar-refractivity contribution < 1.29 is 0 Å². The Morgan fingerprint density at radius 1 is 1.45 bits per heavy atom. The van der Waals surface area contributed by atoms with Gasteiger partial charge in [0.25, 0.3) is 0 Å². The van der Waals surface area contributed by atoms with Gasteiger partial charge in [-0.2, -0.15) is 0 Å². The highest BCUT2D eigenvalue weighted by molar-refractivity contribution is 7.80. The molecular formula is C8H8ClNS. The van der Waals surface area contributed by atoms with Crippen LogP contribution < -0.4 is 5.73 Å². The van der Waals surface area contributed by atoms with Crippen LogP contribution >= 0.6 is 23.8 Å². The molecule has 0 aliphatic carbocycles. The molecule has 0 atom stereocenters. The van der Waals surface area contributed by atoms with Crippen molar-refractivity contribution in [2.24, 2.45) is 5.73 Å². The van der Waals surface area contributed by atoms with Crippen LogP contribution in [0.3, 0.4) is 0 Å². The van der Waals surface area contributed by atoms with Crippen molar-refractivity contribution in [3.8, 4) is 0 Å². The van der Waals surface area contributed by atoms with E-state index in [1.165, 1.54) is 0 Å². The van der Waals surface area contributed by atoms with E-state index in [4.69, 9.17) is 29.6 Å². The standard InChI is InChI=1S/C8H8ClNS/c1-5-2-6(8(10)11)4-7(9)3-5/h2-4H,1H3,(H2,10,11). The first kappa shape index (κ1) is 8.50. The fourth-order valence-corrected chi connectivity index (χ4v) is 1.29. The van der Waals surface area contributed by atoms with Crippen LogP contribution in [-0.2, 0) is 0 Å². The van der Waals surface area contributed by atoms with Crippen LogP contribution in [0.4, 0.5) is 0 Å². The minimum absolute atomic E-state index is 0.385. The summed E-state index contributed by atoms with van der Waals surface area (Å²) in [5.41, 5.74) is 7.32. The van der Waals surface area contributed by atoms with Gasteiger partial charge in [0.05, 0.1) is 0 Å². The largest absolute Gasteiger partial charge is 0.389 e. The van der Waals surface area contributed by atoms with Crippen molar-refractivity contribution in [3.05, 3.63) is 34.3 Å². The highest BCUT2D eigenvalue weighted by Gasteiger charge is 1.97. The third-order valence-electron chi connectivity index (χ3n) is 1.33. The molecule has 0 aliphatic rings. The number of hydrogen-bond acceptors (Lipinski definition) is 1. The van der Waals surface area contributed by atoms with E-state index in [1.807, 2.05) is 19.1 Å². The third-order valence-corrected chi connectivity index (χ3v) is 1.78. The summed E-state index contributed by atoms with van der Waals surface area (Å²) in [5.74, 6) is 0. The van der Waals surface area contributed by atoms with E-state index >= 15 is 0 Å². The average molecular weight is 186 g/mol. The Balaban J connectivity index is 3.19. The molecule has 0 fully saturated rings. The molecule has 3 heteroatoms. The van der Waals surface area contributed by atoms with Gasteiger partial charge in [-0.3, -0.25) is 0 Å². The predicted octanol–water partition coefficient (Wildman–Crippen LogP) is 2.28. The predicted molar refractivity (Wildman–Crippen MR) is 52.1 cm³/mol. The first-order chi connectivity index (χ1) is 5.09. The highest BCUT2D eigenvalue weighted by Crippen LogP contribution is 2.13. The molecule has 1 aromatic carbocycles. The average Bonchev–Trinajstić information content (AvgIpc) is 1.85. The molecular weight excluding hydrogens is 178 g/mol. The summed E-state index contributed by atoms with van der Waals surface area (Å²) >= 11 is 10.6. The molecule has 0 saturated carbocycles. The maximum atomic E-state index is 5.78. The molecule has 11 heavy (non-hydrogen) atoms. The lowest BCUT2D eigenvalue weighted by Gasteiger charge is -2.00. The maximum absolute atomic E-state index is 5.78. The van der Waals surface area contributed by atoms with E-state index in [9.17, 15) is 0 Å². The summed E-state index contributed by atoms with van der Waals surface area (Å²) in [5, 5.41) is 0.674. The Bertz CT molecular complexity index is 276. The van der Waals surface area contributed by atoms with E-state index < -0.39 is 0 Å². The summed E-state index contributed by atoms with van der Waals surface area (Å²) in [6.45, 7) is 1.95. The zero-order valence-corrected chi connectivity index (χ0v) is 7.67. The Morgan fingerprint density at radius 3 is 2.55 bits per heavy atom. The molecule has 0 amide bonds. The Hall–Kier alpha value is -0.600. The smallest absolute Gasteiger partial charge is 0.104 e. The molecule has 2 N–H and O–H groups in total. The number of thiocarbonyl (C=S) groups is 1. The van der Waals surface area contributed by atoms with Crippen molar-refractivity contribution in [3.63, 3.8) is 0 Å². The molecule has 0 bridgehead atoms. The van der Waals surface area contributed by atoms with E-state index in [0.717, 1.165) is 11.1 Å². The number of halogens is 1. The fraction of sp³-hybridized carbons (Fsp3) is 0.125. The van der Waals surface area contributed by atoms with Crippen molar-refractivity contribution in [2.75, 3.05) is 0 Å². The SMILES string of the molecule is Cc1cc(Cl)cc(C(N)=S)c1. The highest BCUT2D eigenvalue weighted by atomic mass is 35.5. The van der Waals surface area contributed by atoms with Gasteiger partial charge in [-0.25, -0.2) is 0 Å². The summed E-state index contributed by atoms with van der Waals surface area (Å²) in [6, 6.07) is 5.54. The van der Waals surface area contributed by atoms with Crippen molar-refractivity contribution in [1.82, 2.24) is 0 Å². The fourth-order valence-electron chi connectivity index (χ4n) is 0.879. The van der Waals surface area contributed by atoms with Gasteiger partial charge in [-0.05, 0) is 30.7 Å². The molecule has 0 unspecified atom stereocenters. The quantitative estimate of drug-likeness (QED) is 0.680. The van der Waals surface area contributed by atoms with Crippen molar-refractivity contribution in [1.29, 1.82) is 0 Å². The number of benzene rings is 1. The number of nitrogens with two attached hydrogens (primary N) is 1. The van der Waals surface area contributed by atoms with Crippen LogP contribution in [0.2, 0.25) is 5.02 Å². The van der Waals surface area contributed by atoms with Crippen LogP contribution in [0, 0.1) is 6.92 Å². The lowest BCUT2D eigenvalue weighted by molar-refractivity contribution is 1.45. The number of hydrogen-bond donors (Lipinski definition) is 1. The maximum Gasteiger partial charge on any atom is 0.104 e. The minimum atomic E-state index is 0.385. The zero-order chi connectivity index (χ0) is 8.43. The normalized spacial score (nSPS) is 9.64. The first-order valence-electron chi connectivity index (χ1n) is 3.16. The molecule has 0 aromatic heterocycles. The van der Waals surface area contributed by atoms with Gasteiger partial charge in [0.1, 0.15) is 4.99 Å². The molecule has 1 aromatic rings. The van der Waals surface area contributed by atoms with E-state index in [2.05, 4.69) is 0 Å². The van der Waals surface area contributed by atoms with Crippen molar-refractivity contribution >= 4 is 28.8 Å². The van der Waals surface area contributed by atoms with Gasteiger partial charge in [-0.15, -0.1) is 0 Å². The van der Waals surface area contributed by atoms with E-state index in [1.54, 1.807) is 6.07 Å². The van der Waals surface area contributed by atoms with Crippen LogP contribution in [0.5, 0.6) is 0 Å². The number of aryl methyl sites for hydroxylation is 1. The topological polar surface area (TPSA) is 26.0 Å². The third kappa shape index (κ3) is 2.17. The molecule has 0 radical (unpaired) electrons. The monoisotopic (exact) mass is 185 g/mol. The van der Waals surface area contributed by atoms with Gasteiger partial charge < -0.3 is 5.73 Å². The van der Waals surface area contributed by atoms with Gasteiger partial charge in [-0.1, -0.05) is 23.8 Å². The lowest BCUT2D eigenvalue weighted by atomic mass is 10.1. The Labute approximate surface area is 76.2 Å². The minimum Gasteiger partial charge on any atom is -0.389 e. The first-order valence-corrected chi connectivity index (χ1v) is 3.95. The van der Waals surface area contributed by atoms with Gasteiger partial charge >= 0.3 is 0 Å². The van der Waals surface area contributed by atoms with Crippen LogP contribution in [-0.4, -0.2) is 4.99 Å². The zero-order valence-electron chi connectivity index (χ0n) is 6.10. The van der Waals surface area contributed by atoms with Gasteiger partial charge in [0.15, 0.2) is 0 Å². The van der Waals surface area contributed by atoms with Crippen LogP contribution in [0.1, 0.15) is 11.1 Å². The second-order valence-electron chi connectivity index (χ2n) is 2.38. The summed E-state index contributed by atoms with van der Waals surface area (Å²) in [7, 11) is 0.